The van der Waals surface area contributed by atoms with Crippen LogP contribution in [0.4, 0.5) is 0 Å². The Morgan fingerprint density at radius 2 is 2.20 bits per heavy atom. The molecule has 2 rings (SSSR count). The summed E-state index contributed by atoms with van der Waals surface area (Å²) >= 11 is 3.40. The molecule has 0 spiro atoms. The van der Waals surface area contributed by atoms with Crippen LogP contribution in [0.5, 0.6) is 0 Å². The molecular formula is C12H11BrO2. The van der Waals surface area contributed by atoms with Crippen molar-refractivity contribution in [1.29, 1.82) is 0 Å². The van der Waals surface area contributed by atoms with Crippen molar-refractivity contribution in [2.75, 3.05) is 0 Å². The maximum atomic E-state index is 9.88. The molecule has 0 saturated carbocycles. The molecule has 0 saturated heterocycles. The van der Waals surface area contributed by atoms with E-state index in [2.05, 4.69) is 15.9 Å². The summed E-state index contributed by atoms with van der Waals surface area (Å²) in [5, 5.41) is 9.88. The molecule has 0 aliphatic heterocycles. The summed E-state index contributed by atoms with van der Waals surface area (Å²) in [7, 11) is 0. The summed E-state index contributed by atoms with van der Waals surface area (Å²) in [6, 6.07) is 9.70. The van der Waals surface area contributed by atoms with Crippen molar-refractivity contribution < 1.29 is 9.52 Å². The van der Waals surface area contributed by atoms with Gasteiger partial charge in [-0.15, -0.1) is 0 Å². The lowest BCUT2D eigenvalue weighted by molar-refractivity contribution is 0.177. The molecule has 0 aliphatic carbocycles. The molecule has 1 atom stereocenters. The van der Waals surface area contributed by atoms with Crippen molar-refractivity contribution in [3.8, 4) is 0 Å². The third-order valence-corrected chi connectivity index (χ3v) is 2.74. The summed E-state index contributed by atoms with van der Waals surface area (Å²) in [6.45, 7) is 0. The van der Waals surface area contributed by atoms with E-state index in [4.69, 9.17) is 4.42 Å². The number of aliphatic hydroxyl groups is 1. The molecular weight excluding hydrogens is 256 g/mol. The third kappa shape index (κ3) is 2.70. The first-order valence-corrected chi connectivity index (χ1v) is 5.49. The van der Waals surface area contributed by atoms with E-state index in [1.165, 1.54) is 0 Å². The first-order valence-electron chi connectivity index (χ1n) is 4.70. The van der Waals surface area contributed by atoms with Gasteiger partial charge in [0.15, 0.2) is 0 Å². The highest BCUT2D eigenvalue weighted by Gasteiger charge is 2.09. The van der Waals surface area contributed by atoms with Crippen LogP contribution in [0.3, 0.4) is 0 Å². The van der Waals surface area contributed by atoms with Crippen molar-refractivity contribution in [3.63, 3.8) is 0 Å². The molecule has 0 amide bonds. The van der Waals surface area contributed by atoms with E-state index in [9.17, 15) is 5.11 Å². The number of hydrogen-bond donors (Lipinski definition) is 1. The summed E-state index contributed by atoms with van der Waals surface area (Å²) < 4.78 is 5.96. The largest absolute Gasteiger partial charge is 0.472 e. The second kappa shape index (κ2) is 4.64. The van der Waals surface area contributed by atoms with Crippen LogP contribution in [0, 0.1) is 0 Å². The fourth-order valence-corrected chi connectivity index (χ4v) is 1.92. The molecule has 2 nitrogen and oxygen atoms in total. The van der Waals surface area contributed by atoms with Crippen LogP contribution in [0.1, 0.15) is 17.2 Å². The molecule has 1 aromatic carbocycles. The monoisotopic (exact) mass is 266 g/mol. The minimum Gasteiger partial charge on any atom is -0.472 e. The van der Waals surface area contributed by atoms with Crippen molar-refractivity contribution in [3.05, 3.63) is 58.5 Å². The molecule has 15 heavy (non-hydrogen) atoms. The maximum Gasteiger partial charge on any atom is 0.0960 e. The van der Waals surface area contributed by atoms with Gasteiger partial charge in [-0.2, -0.15) is 0 Å². The van der Waals surface area contributed by atoms with Gasteiger partial charge in [0.25, 0.3) is 0 Å². The van der Waals surface area contributed by atoms with Crippen molar-refractivity contribution >= 4 is 15.9 Å². The number of furan rings is 1. The van der Waals surface area contributed by atoms with Crippen LogP contribution in [-0.2, 0) is 6.42 Å². The predicted molar refractivity (Wildman–Crippen MR) is 61.5 cm³/mol. The molecule has 1 N–H and O–H groups in total. The van der Waals surface area contributed by atoms with Gasteiger partial charge in [-0.05, 0) is 23.8 Å². The Morgan fingerprint density at radius 3 is 2.87 bits per heavy atom. The predicted octanol–water partition coefficient (Wildman–Crippen LogP) is 3.32. The molecule has 0 aliphatic rings. The van der Waals surface area contributed by atoms with Gasteiger partial charge in [-0.25, -0.2) is 0 Å². The second-order valence-corrected chi connectivity index (χ2v) is 4.32. The summed E-state index contributed by atoms with van der Waals surface area (Å²) in [6.07, 6.45) is 3.24. The standard InChI is InChI=1S/C12H11BrO2/c13-11-3-1-2-9(6-11)7-12(14)10-4-5-15-8-10/h1-6,8,12,14H,7H2. The van der Waals surface area contributed by atoms with Gasteiger partial charge in [0, 0.05) is 16.5 Å². The summed E-state index contributed by atoms with van der Waals surface area (Å²) in [5.74, 6) is 0. The Hall–Kier alpha value is -1.06. The van der Waals surface area contributed by atoms with Gasteiger partial charge in [0.1, 0.15) is 0 Å². The van der Waals surface area contributed by atoms with Crippen LogP contribution in [0.15, 0.2) is 51.7 Å². The van der Waals surface area contributed by atoms with E-state index in [0.29, 0.717) is 6.42 Å². The lowest BCUT2D eigenvalue weighted by Crippen LogP contribution is -2.00. The number of hydrogen-bond acceptors (Lipinski definition) is 2. The lowest BCUT2D eigenvalue weighted by Gasteiger charge is -2.08. The zero-order valence-corrected chi connectivity index (χ0v) is 9.65. The van der Waals surface area contributed by atoms with E-state index in [1.807, 2.05) is 24.3 Å². The topological polar surface area (TPSA) is 33.4 Å². The number of rotatable bonds is 3. The average molecular weight is 267 g/mol. The number of aliphatic hydroxyl groups excluding tert-OH is 1. The van der Waals surface area contributed by atoms with Crippen LogP contribution < -0.4 is 0 Å². The lowest BCUT2D eigenvalue weighted by atomic mass is 10.0. The van der Waals surface area contributed by atoms with Gasteiger partial charge < -0.3 is 9.52 Å². The first kappa shape index (κ1) is 10.5. The molecule has 3 heteroatoms. The highest BCUT2D eigenvalue weighted by atomic mass is 79.9. The number of halogens is 1. The quantitative estimate of drug-likeness (QED) is 0.925. The molecule has 78 valence electrons. The van der Waals surface area contributed by atoms with Crippen molar-refractivity contribution in [2.45, 2.75) is 12.5 Å². The molecule has 1 aromatic heterocycles. The van der Waals surface area contributed by atoms with Crippen LogP contribution in [-0.4, -0.2) is 5.11 Å². The van der Waals surface area contributed by atoms with E-state index < -0.39 is 6.10 Å². The van der Waals surface area contributed by atoms with Gasteiger partial charge in [-0.3, -0.25) is 0 Å². The minimum atomic E-state index is -0.502. The van der Waals surface area contributed by atoms with Gasteiger partial charge in [0.2, 0.25) is 0 Å². The normalized spacial score (nSPS) is 12.7. The minimum absolute atomic E-state index is 0.502. The maximum absolute atomic E-state index is 9.88. The summed E-state index contributed by atoms with van der Waals surface area (Å²) in [5.41, 5.74) is 1.91. The van der Waals surface area contributed by atoms with Gasteiger partial charge >= 0.3 is 0 Å². The fraction of sp³-hybridized carbons (Fsp3) is 0.167. The molecule has 0 radical (unpaired) electrons. The average Bonchev–Trinajstić information content (AvgIpc) is 2.70. The van der Waals surface area contributed by atoms with E-state index in [-0.39, 0.29) is 0 Å². The highest BCUT2D eigenvalue weighted by Crippen LogP contribution is 2.20. The fourth-order valence-electron chi connectivity index (χ4n) is 1.47. The van der Waals surface area contributed by atoms with E-state index in [1.54, 1.807) is 18.6 Å². The molecule has 1 heterocycles. The van der Waals surface area contributed by atoms with Crippen LogP contribution in [0.2, 0.25) is 0 Å². The zero-order chi connectivity index (χ0) is 10.7. The SMILES string of the molecule is OC(Cc1cccc(Br)c1)c1ccoc1. The van der Waals surface area contributed by atoms with E-state index in [0.717, 1.165) is 15.6 Å². The van der Waals surface area contributed by atoms with E-state index >= 15 is 0 Å². The Bertz CT molecular complexity index is 423. The number of benzene rings is 1. The smallest absolute Gasteiger partial charge is 0.0960 e. The Kier molecular flexibility index (Phi) is 3.23. The first-order chi connectivity index (χ1) is 7.25. The molecule has 2 aromatic rings. The van der Waals surface area contributed by atoms with Crippen molar-refractivity contribution in [1.82, 2.24) is 0 Å². The Balaban J connectivity index is 2.09. The molecule has 0 bridgehead atoms. The highest BCUT2D eigenvalue weighted by molar-refractivity contribution is 9.10. The Morgan fingerprint density at radius 1 is 1.33 bits per heavy atom. The zero-order valence-electron chi connectivity index (χ0n) is 8.06. The second-order valence-electron chi connectivity index (χ2n) is 3.41. The molecule has 1 unspecified atom stereocenters. The van der Waals surface area contributed by atoms with Crippen LogP contribution in [0.25, 0.3) is 0 Å². The third-order valence-electron chi connectivity index (χ3n) is 2.25. The van der Waals surface area contributed by atoms with Gasteiger partial charge in [-0.1, -0.05) is 28.1 Å². The van der Waals surface area contributed by atoms with Crippen LogP contribution >= 0.6 is 15.9 Å². The molecule has 0 fully saturated rings. The summed E-state index contributed by atoms with van der Waals surface area (Å²) in [4.78, 5) is 0. The van der Waals surface area contributed by atoms with Gasteiger partial charge in [0.05, 0.1) is 18.6 Å². The Labute approximate surface area is 96.7 Å². The van der Waals surface area contributed by atoms with Crippen molar-refractivity contribution in [2.24, 2.45) is 0 Å².